The number of rotatable bonds is 13. The van der Waals surface area contributed by atoms with Crippen LogP contribution in [0, 0.1) is 13.8 Å². The Morgan fingerprint density at radius 1 is 0.950 bits per heavy atom. The first-order valence-electron chi connectivity index (χ1n) is 13.4. The first kappa shape index (κ1) is 31.4. The van der Waals surface area contributed by atoms with E-state index in [0.29, 0.717) is 18.7 Å². The average molecular weight is 629 g/mol. The predicted molar refractivity (Wildman–Crippen MR) is 165 cm³/mol. The molecule has 2 amide bonds. The molecular formula is C31H38BrN3O4S. The van der Waals surface area contributed by atoms with Gasteiger partial charge in [-0.1, -0.05) is 89.4 Å². The maximum absolute atomic E-state index is 14.1. The molecule has 0 aromatic heterocycles. The molecule has 0 spiro atoms. The van der Waals surface area contributed by atoms with Crippen LogP contribution in [0.2, 0.25) is 0 Å². The Morgan fingerprint density at radius 3 is 2.27 bits per heavy atom. The van der Waals surface area contributed by atoms with Crippen LogP contribution in [0.3, 0.4) is 0 Å². The first-order chi connectivity index (χ1) is 19.0. The van der Waals surface area contributed by atoms with Crippen LogP contribution >= 0.6 is 15.9 Å². The molecule has 0 radical (unpaired) electrons. The highest BCUT2D eigenvalue weighted by Gasteiger charge is 2.33. The molecule has 0 aliphatic rings. The van der Waals surface area contributed by atoms with Crippen molar-refractivity contribution in [2.24, 2.45) is 0 Å². The van der Waals surface area contributed by atoms with Crippen LogP contribution in [0.25, 0.3) is 0 Å². The predicted octanol–water partition coefficient (Wildman–Crippen LogP) is 5.39. The minimum absolute atomic E-state index is 0.140. The van der Waals surface area contributed by atoms with E-state index in [4.69, 9.17) is 0 Å². The minimum atomic E-state index is -3.81. The number of nitrogens with zero attached hydrogens (tertiary/aromatic N) is 2. The molecule has 0 heterocycles. The maximum atomic E-state index is 14.1. The van der Waals surface area contributed by atoms with Gasteiger partial charge >= 0.3 is 0 Å². The lowest BCUT2D eigenvalue weighted by molar-refractivity contribution is -0.140. The van der Waals surface area contributed by atoms with Gasteiger partial charge in [-0.15, -0.1) is 0 Å². The summed E-state index contributed by atoms with van der Waals surface area (Å²) in [6.07, 6.45) is 3.12. The molecule has 0 saturated heterocycles. The third kappa shape index (κ3) is 8.93. The Bertz CT molecular complexity index is 1410. The van der Waals surface area contributed by atoms with Gasteiger partial charge in [-0.2, -0.15) is 0 Å². The van der Waals surface area contributed by atoms with Crippen molar-refractivity contribution in [1.82, 2.24) is 10.2 Å². The summed E-state index contributed by atoms with van der Waals surface area (Å²) in [5.74, 6) is -0.727. The molecule has 214 valence electrons. The molecule has 3 aromatic carbocycles. The monoisotopic (exact) mass is 627 g/mol. The second-order valence-corrected chi connectivity index (χ2v) is 12.9. The number of sulfonamides is 1. The first-order valence-corrected chi connectivity index (χ1v) is 16.0. The largest absolute Gasteiger partial charge is 0.354 e. The van der Waals surface area contributed by atoms with E-state index >= 15 is 0 Å². The third-order valence-corrected chi connectivity index (χ3v) is 8.26. The molecule has 0 aliphatic carbocycles. The summed E-state index contributed by atoms with van der Waals surface area (Å²) in [7, 11) is -3.81. The zero-order valence-corrected chi connectivity index (χ0v) is 26.0. The topological polar surface area (TPSA) is 86.8 Å². The quantitative estimate of drug-likeness (QED) is 0.258. The lowest BCUT2D eigenvalue weighted by Crippen LogP contribution is -2.53. The van der Waals surface area contributed by atoms with Crippen molar-refractivity contribution >= 4 is 43.5 Å². The summed E-state index contributed by atoms with van der Waals surface area (Å²) in [5.41, 5.74) is 3.90. The molecule has 7 nitrogen and oxygen atoms in total. The van der Waals surface area contributed by atoms with E-state index in [2.05, 4.69) is 21.2 Å². The van der Waals surface area contributed by atoms with Crippen molar-refractivity contribution in [1.29, 1.82) is 0 Å². The summed E-state index contributed by atoms with van der Waals surface area (Å²) < 4.78 is 27.9. The van der Waals surface area contributed by atoms with E-state index in [-0.39, 0.29) is 12.5 Å². The van der Waals surface area contributed by atoms with Crippen LogP contribution in [0.15, 0.2) is 77.3 Å². The molecule has 3 rings (SSSR count). The lowest BCUT2D eigenvalue weighted by Gasteiger charge is -2.34. The standard InChI is InChI=1S/C31H38BrN3O4S/c1-5-6-17-33-31(37)29(20-25-11-8-7-9-12-25)34(21-26-13-10-14-27(32)19-26)30(36)22-35(40(4,38)39)28-16-15-23(2)18-24(28)3/h7-16,18-19,29H,5-6,17,20-22H2,1-4H3,(H,33,37)/t29-/m0/s1. The Kier molecular flexibility index (Phi) is 11.3. The molecule has 1 N–H and O–H groups in total. The number of halogens is 1. The van der Waals surface area contributed by atoms with Gasteiger partial charge in [-0.05, 0) is 55.2 Å². The van der Waals surface area contributed by atoms with Crippen LogP contribution < -0.4 is 9.62 Å². The summed E-state index contributed by atoms with van der Waals surface area (Å²) >= 11 is 3.49. The molecule has 0 aliphatic heterocycles. The van der Waals surface area contributed by atoms with Gasteiger partial charge in [0.15, 0.2) is 0 Å². The van der Waals surface area contributed by atoms with Gasteiger partial charge < -0.3 is 10.2 Å². The van der Waals surface area contributed by atoms with Crippen molar-refractivity contribution in [2.75, 3.05) is 23.7 Å². The summed E-state index contributed by atoms with van der Waals surface area (Å²) in [4.78, 5) is 29.3. The number of aryl methyl sites for hydroxylation is 2. The SMILES string of the molecule is CCCCNC(=O)[C@H](Cc1ccccc1)N(Cc1cccc(Br)c1)C(=O)CN(c1ccc(C)cc1C)S(C)(=O)=O. The fourth-order valence-electron chi connectivity index (χ4n) is 4.57. The highest BCUT2D eigenvalue weighted by Crippen LogP contribution is 2.25. The minimum Gasteiger partial charge on any atom is -0.354 e. The van der Waals surface area contributed by atoms with Crippen molar-refractivity contribution < 1.29 is 18.0 Å². The van der Waals surface area contributed by atoms with Crippen molar-refractivity contribution in [3.05, 3.63) is 99.5 Å². The molecular weight excluding hydrogens is 590 g/mol. The second-order valence-electron chi connectivity index (χ2n) is 10.1. The summed E-state index contributed by atoms with van der Waals surface area (Å²) in [6, 6.07) is 21.7. The molecule has 0 saturated carbocycles. The molecule has 3 aromatic rings. The van der Waals surface area contributed by atoms with Gasteiger partial charge in [0.05, 0.1) is 11.9 Å². The lowest BCUT2D eigenvalue weighted by atomic mass is 10.0. The van der Waals surface area contributed by atoms with Gasteiger partial charge in [0.1, 0.15) is 12.6 Å². The van der Waals surface area contributed by atoms with Gasteiger partial charge in [0, 0.05) is 24.0 Å². The molecule has 0 fully saturated rings. The van der Waals surface area contributed by atoms with Gasteiger partial charge in [0.25, 0.3) is 0 Å². The van der Waals surface area contributed by atoms with E-state index in [1.807, 2.05) is 87.5 Å². The maximum Gasteiger partial charge on any atom is 0.244 e. The Balaban J connectivity index is 2.05. The van der Waals surface area contributed by atoms with Crippen LogP contribution in [0.5, 0.6) is 0 Å². The molecule has 0 bridgehead atoms. The fraction of sp³-hybridized carbons (Fsp3) is 0.355. The number of carbonyl (C=O) groups is 2. The molecule has 1 atom stereocenters. The molecule has 9 heteroatoms. The van der Waals surface area contributed by atoms with Gasteiger partial charge in [-0.25, -0.2) is 8.42 Å². The summed E-state index contributed by atoms with van der Waals surface area (Å²) in [5, 5.41) is 2.99. The van der Waals surface area contributed by atoms with E-state index in [9.17, 15) is 18.0 Å². The summed E-state index contributed by atoms with van der Waals surface area (Å²) in [6.45, 7) is 6.01. The second kappa shape index (κ2) is 14.5. The van der Waals surface area contributed by atoms with E-state index in [0.717, 1.165) is 50.1 Å². The van der Waals surface area contributed by atoms with E-state index in [1.54, 1.807) is 6.07 Å². The van der Waals surface area contributed by atoms with Crippen molar-refractivity contribution in [3.8, 4) is 0 Å². The zero-order chi connectivity index (χ0) is 29.3. The molecule has 0 unspecified atom stereocenters. The van der Waals surface area contributed by atoms with Gasteiger partial charge in [-0.3, -0.25) is 13.9 Å². The third-order valence-electron chi connectivity index (χ3n) is 6.64. The number of benzene rings is 3. The fourth-order valence-corrected chi connectivity index (χ4v) is 5.93. The number of nitrogens with one attached hydrogen (secondary N) is 1. The molecule has 40 heavy (non-hydrogen) atoms. The van der Waals surface area contributed by atoms with Crippen LogP contribution in [0.1, 0.15) is 42.0 Å². The van der Waals surface area contributed by atoms with Crippen LogP contribution in [-0.2, 0) is 32.6 Å². The highest BCUT2D eigenvalue weighted by molar-refractivity contribution is 9.10. The number of hydrogen-bond donors (Lipinski definition) is 1. The Morgan fingerprint density at radius 2 is 1.65 bits per heavy atom. The Labute approximate surface area is 246 Å². The highest BCUT2D eigenvalue weighted by atomic mass is 79.9. The number of amides is 2. The van der Waals surface area contributed by atoms with Crippen molar-refractivity contribution in [3.63, 3.8) is 0 Å². The van der Waals surface area contributed by atoms with E-state index in [1.165, 1.54) is 4.90 Å². The van der Waals surface area contributed by atoms with Crippen LogP contribution in [-0.4, -0.2) is 50.5 Å². The smallest absolute Gasteiger partial charge is 0.244 e. The normalized spacial score (nSPS) is 12.0. The number of carbonyl (C=O) groups excluding carboxylic acids is 2. The number of anilines is 1. The average Bonchev–Trinajstić information content (AvgIpc) is 2.89. The number of unbranched alkanes of at least 4 members (excludes halogenated alkanes) is 1. The van der Waals surface area contributed by atoms with Gasteiger partial charge in [0.2, 0.25) is 21.8 Å². The number of hydrogen-bond acceptors (Lipinski definition) is 4. The van der Waals surface area contributed by atoms with Crippen LogP contribution in [0.4, 0.5) is 5.69 Å². The van der Waals surface area contributed by atoms with Crippen molar-refractivity contribution in [2.45, 2.75) is 52.6 Å². The zero-order valence-electron chi connectivity index (χ0n) is 23.6. The Hall–Kier alpha value is -3.17. The van der Waals surface area contributed by atoms with E-state index < -0.39 is 28.5 Å².